The first kappa shape index (κ1) is 22.3. The van der Waals surface area contributed by atoms with Crippen LogP contribution in [0, 0.1) is 22.7 Å². The molecule has 0 aliphatic heterocycles. The Morgan fingerprint density at radius 2 is 1.50 bits per heavy atom. The molecule has 0 saturated heterocycles. The molecule has 0 atom stereocenters. The average molecular weight is 383 g/mol. The topological polar surface area (TPSA) is 66.0 Å². The number of hydrogen-bond acceptors (Lipinski definition) is 4. The molecule has 4 nitrogen and oxygen atoms in total. The molecule has 0 bridgehead atoms. The third-order valence-corrected chi connectivity index (χ3v) is 5.64. The molecule has 1 aliphatic rings. The first-order valence-corrected chi connectivity index (χ1v) is 11.0. The predicted molar refractivity (Wildman–Crippen MR) is 111 cm³/mol. The highest BCUT2D eigenvalue weighted by molar-refractivity contribution is 5.58. The first-order chi connectivity index (χ1) is 13.7. The number of ether oxygens (including phenoxy) is 2. The molecule has 0 heterocycles. The normalized spacial score (nSPS) is 19.0. The van der Waals surface area contributed by atoms with Crippen molar-refractivity contribution in [1.29, 1.82) is 10.5 Å². The maximum atomic E-state index is 9.73. The van der Waals surface area contributed by atoms with Crippen molar-refractivity contribution in [3.63, 3.8) is 0 Å². The molecule has 0 spiro atoms. The van der Waals surface area contributed by atoms with E-state index in [0.29, 0.717) is 35.5 Å². The third kappa shape index (κ3) is 6.25. The molecule has 1 fully saturated rings. The van der Waals surface area contributed by atoms with Gasteiger partial charge in [-0.1, -0.05) is 45.6 Å². The fourth-order valence-electron chi connectivity index (χ4n) is 3.97. The lowest BCUT2D eigenvalue weighted by Crippen LogP contribution is -2.22. The van der Waals surface area contributed by atoms with Crippen LogP contribution in [0.15, 0.2) is 12.1 Å². The van der Waals surface area contributed by atoms with Crippen molar-refractivity contribution in [3.05, 3.63) is 28.8 Å². The van der Waals surface area contributed by atoms with Crippen molar-refractivity contribution < 1.29 is 9.47 Å². The zero-order valence-corrected chi connectivity index (χ0v) is 17.5. The molecular formula is C24H34N2O2. The Balaban J connectivity index is 2.00. The van der Waals surface area contributed by atoms with Crippen LogP contribution in [0.3, 0.4) is 0 Å². The van der Waals surface area contributed by atoms with E-state index in [2.05, 4.69) is 26.0 Å². The molecule has 0 aromatic heterocycles. The minimum atomic E-state index is 0.325. The summed E-state index contributed by atoms with van der Waals surface area (Å²) in [5.74, 6) is 0.873. The quantitative estimate of drug-likeness (QED) is 0.425. The van der Waals surface area contributed by atoms with Crippen LogP contribution in [0.4, 0.5) is 0 Å². The zero-order chi connectivity index (χ0) is 20.2. The van der Waals surface area contributed by atoms with Crippen molar-refractivity contribution >= 4 is 0 Å². The molecular weight excluding hydrogens is 348 g/mol. The van der Waals surface area contributed by atoms with Crippen LogP contribution in [0.1, 0.15) is 101 Å². The smallest absolute Gasteiger partial charge is 0.138 e. The van der Waals surface area contributed by atoms with E-state index >= 15 is 0 Å². The molecule has 2 rings (SSSR count). The molecule has 152 valence electrons. The molecule has 1 aliphatic carbocycles. The summed E-state index contributed by atoms with van der Waals surface area (Å²) in [7, 11) is 0. The standard InChI is InChI=1S/C24H34N2O2/c1-3-5-7-15-27-20-11-9-19(10-12-20)21-13-14-24(28-16-8-6-4-2)23(18-26)22(21)17-25/h13-14,19-20H,3-12,15-16H2,1-2H3. The summed E-state index contributed by atoms with van der Waals surface area (Å²) >= 11 is 0. The van der Waals surface area contributed by atoms with E-state index in [4.69, 9.17) is 9.47 Å². The Bertz CT molecular complexity index is 679. The maximum Gasteiger partial charge on any atom is 0.138 e. The van der Waals surface area contributed by atoms with Crippen LogP contribution in [-0.4, -0.2) is 19.3 Å². The monoisotopic (exact) mass is 382 g/mol. The minimum absolute atomic E-state index is 0.325. The highest BCUT2D eigenvalue weighted by Gasteiger charge is 2.26. The molecule has 28 heavy (non-hydrogen) atoms. The summed E-state index contributed by atoms with van der Waals surface area (Å²) in [5.41, 5.74) is 1.90. The summed E-state index contributed by atoms with van der Waals surface area (Å²) < 4.78 is 11.8. The van der Waals surface area contributed by atoms with Crippen LogP contribution in [-0.2, 0) is 4.74 Å². The molecule has 0 unspecified atom stereocenters. The largest absolute Gasteiger partial charge is 0.492 e. The van der Waals surface area contributed by atoms with Gasteiger partial charge in [0, 0.05) is 6.61 Å². The van der Waals surface area contributed by atoms with Crippen molar-refractivity contribution in [2.75, 3.05) is 13.2 Å². The van der Waals surface area contributed by atoms with E-state index in [-0.39, 0.29) is 0 Å². The van der Waals surface area contributed by atoms with Crippen molar-refractivity contribution in [2.24, 2.45) is 0 Å². The Kier molecular flexibility index (Phi) is 9.87. The van der Waals surface area contributed by atoms with E-state index in [1.54, 1.807) is 0 Å². The lowest BCUT2D eigenvalue weighted by Gasteiger charge is -2.29. The van der Waals surface area contributed by atoms with E-state index in [1.807, 2.05) is 12.1 Å². The molecule has 0 N–H and O–H groups in total. The van der Waals surface area contributed by atoms with Gasteiger partial charge in [-0.2, -0.15) is 10.5 Å². The van der Waals surface area contributed by atoms with E-state index in [0.717, 1.165) is 63.5 Å². The van der Waals surface area contributed by atoms with E-state index in [9.17, 15) is 10.5 Å². The fourth-order valence-corrected chi connectivity index (χ4v) is 3.97. The minimum Gasteiger partial charge on any atom is -0.492 e. The number of hydrogen-bond donors (Lipinski definition) is 0. The summed E-state index contributed by atoms with van der Waals surface area (Å²) in [6, 6.07) is 8.38. The molecule has 0 radical (unpaired) electrons. The second-order valence-electron chi connectivity index (χ2n) is 7.73. The molecule has 1 aromatic carbocycles. The van der Waals surface area contributed by atoms with E-state index < -0.39 is 0 Å². The second-order valence-corrected chi connectivity index (χ2v) is 7.73. The van der Waals surface area contributed by atoms with Gasteiger partial charge in [0.15, 0.2) is 0 Å². The van der Waals surface area contributed by atoms with Gasteiger partial charge in [-0.25, -0.2) is 0 Å². The lowest BCUT2D eigenvalue weighted by atomic mass is 9.80. The highest BCUT2D eigenvalue weighted by atomic mass is 16.5. The van der Waals surface area contributed by atoms with Crippen molar-refractivity contribution in [1.82, 2.24) is 0 Å². The van der Waals surface area contributed by atoms with Gasteiger partial charge in [-0.05, 0) is 56.1 Å². The Hall–Kier alpha value is -2.04. The summed E-state index contributed by atoms with van der Waals surface area (Å²) in [5, 5.41) is 19.4. The number of nitrogens with zero attached hydrogens (tertiary/aromatic N) is 2. The van der Waals surface area contributed by atoms with Gasteiger partial charge < -0.3 is 9.47 Å². The summed E-state index contributed by atoms with van der Waals surface area (Å²) in [6.07, 6.45) is 11.2. The third-order valence-electron chi connectivity index (χ3n) is 5.64. The number of rotatable bonds is 11. The van der Waals surface area contributed by atoms with Gasteiger partial charge >= 0.3 is 0 Å². The molecule has 1 aromatic rings. The molecule has 1 saturated carbocycles. The Morgan fingerprint density at radius 3 is 2.11 bits per heavy atom. The van der Waals surface area contributed by atoms with Crippen LogP contribution < -0.4 is 4.74 Å². The van der Waals surface area contributed by atoms with E-state index in [1.165, 1.54) is 12.8 Å². The van der Waals surface area contributed by atoms with Gasteiger partial charge in [0.1, 0.15) is 23.5 Å². The van der Waals surface area contributed by atoms with Crippen LogP contribution >= 0.6 is 0 Å². The highest BCUT2D eigenvalue weighted by Crippen LogP contribution is 2.38. The van der Waals surface area contributed by atoms with Gasteiger partial charge in [0.25, 0.3) is 0 Å². The number of nitriles is 2. The average Bonchev–Trinajstić information content (AvgIpc) is 2.74. The number of unbranched alkanes of at least 4 members (excludes halogenated alkanes) is 4. The van der Waals surface area contributed by atoms with Crippen LogP contribution in [0.5, 0.6) is 5.75 Å². The predicted octanol–water partition coefficient (Wildman–Crippen LogP) is 6.23. The Labute approximate surface area is 170 Å². The first-order valence-electron chi connectivity index (χ1n) is 11.0. The summed E-state index contributed by atoms with van der Waals surface area (Å²) in [6.45, 7) is 5.80. The lowest BCUT2D eigenvalue weighted by molar-refractivity contribution is 0.0227. The number of benzene rings is 1. The van der Waals surface area contributed by atoms with Crippen LogP contribution in [0.2, 0.25) is 0 Å². The van der Waals surface area contributed by atoms with Gasteiger partial charge in [0.2, 0.25) is 0 Å². The van der Waals surface area contributed by atoms with Gasteiger partial charge in [-0.15, -0.1) is 0 Å². The van der Waals surface area contributed by atoms with Gasteiger partial charge in [0.05, 0.1) is 18.3 Å². The maximum absolute atomic E-state index is 9.73. The van der Waals surface area contributed by atoms with Gasteiger partial charge in [-0.3, -0.25) is 0 Å². The zero-order valence-electron chi connectivity index (χ0n) is 17.5. The molecule has 0 amide bonds. The van der Waals surface area contributed by atoms with Crippen molar-refractivity contribution in [3.8, 4) is 17.9 Å². The van der Waals surface area contributed by atoms with Crippen LogP contribution in [0.25, 0.3) is 0 Å². The SMILES string of the molecule is CCCCCOc1ccc(C2CCC(OCCCCC)CC2)c(C#N)c1C#N. The summed E-state index contributed by atoms with van der Waals surface area (Å²) in [4.78, 5) is 0. The Morgan fingerprint density at radius 1 is 0.857 bits per heavy atom. The molecule has 4 heteroatoms. The second kappa shape index (κ2) is 12.4. The van der Waals surface area contributed by atoms with Crippen molar-refractivity contribution in [2.45, 2.75) is 90.1 Å². The fraction of sp³-hybridized carbons (Fsp3) is 0.667.